The van der Waals surface area contributed by atoms with Crippen molar-refractivity contribution in [1.82, 2.24) is 0 Å². The number of Topliss-reactive ketones (excluding diaryl/α,β-unsaturated/α-hetero) is 1. The minimum absolute atomic E-state index is 0.00172. The summed E-state index contributed by atoms with van der Waals surface area (Å²) < 4.78 is 0. The highest BCUT2D eigenvalue weighted by Crippen LogP contribution is 2.35. The fourth-order valence-corrected chi connectivity index (χ4v) is 3.59. The van der Waals surface area contributed by atoms with E-state index in [1.54, 1.807) is 0 Å². The molecule has 140 valence electrons. The van der Waals surface area contributed by atoms with Gasteiger partial charge in [0.2, 0.25) is 0 Å². The van der Waals surface area contributed by atoms with Crippen molar-refractivity contribution in [3.63, 3.8) is 0 Å². The Balaban J connectivity index is 1.84. The van der Waals surface area contributed by atoms with Crippen LogP contribution in [0.3, 0.4) is 0 Å². The predicted molar refractivity (Wildman–Crippen MR) is 110 cm³/mol. The summed E-state index contributed by atoms with van der Waals surface area (Å²) in [7, 11) is 0. The number of carbonyl (C=O) groups excluding carboxylic acids is 1. The highest BCUT2D eigenvalue weighted by molar-refractivity contribution is 6.24. The fraction of sp³-hybridized carbons (Fsp3) is 0.333. The Hall–Kier alpha value is -2.68. The maximum absolute atomic E-state index is 12.8. The van der Waals surface area contributed by atoms with Gasteiger partial charge in [-0.3, -0.25) is 9.79 Å². The van der Waals surface area contributed by atoms with Gasteiger partial charge in [0.25, 0.3) is 0 Å². The topological polar surface area (TPSA) is 49.7 Å². The molecule has 2 aromatic carbocycles. The van der Waals surface area contributed by atoms with E-state index in [1.165, 1.54) is 5.56 Å². The van der Waals surface area contributed by atoms with Crippen molar-refractivity contribution in [2.75, 3.05) is 6.54 Å². The van der Waals surface area contributed by atoms with Gasteiger partial charge in [0.15, 0.2) is 5.78 Å². The first-order chi connectivity index (χ1) is 12.9. The van der Waals surface area contributed by atoms with Gasteiger partial charge in [0, 0.05) is 25.1 Å². The molecule has 3 heteroatoms. The number of carbonyl (C=O) groups is 1. The first-order valence-electron chi connectivity index (χ1n) is 9.51. The van der Waals surface area contributed by atoms with Gasteiger partial charge in [0.1, 0.15) is 5.76 Å². The van der Waals surface area contributed by atoms with E-state index in [2.05, 4.69) is 26.0 Å². The molecule has 0 atom stereocenters. The summed E-state index contributed by atoms with van der Waals surface area (Å²) in [5, 5.41) is 10.7. The van der Waals surface area contributed by atoms with Crippen LogP contribution in [-0.4, -0.2) is 23.1 Å². The molecule has 1 saturated carbocycles. The van der Waals surface area contributed by atoms with Crippen molar-refractivity contribution in [2.45, 2.75) is 39.5 Å². The molecule has 3 nitrogen and oxygen atoms in total. The van der Waals surface area contributed by atoms with Gasteiger partial charge >= 0.3 is 0 Å². The maximum Gasteiger partial charge on any atom is 0.168 e. The standard InChI is InChI=1S/C24H27NO2/c1-24(2)16-20(25-14-13-18-9-5-3-6-10-18)23(22(27)17-24)21(26)15-19-11-7-4-8-12-19/h3-12,26H,13-17H2,1-2H3/b23-21+,25-20?. The number of nitrogens with zero attached hydrogens (tertiary/aromatic N) is 1. The number of allylic oxidation sites excluding steroid dienone is 2. The van der Waals surface area contributed by atoms with Gasteiger partial charge in [-0.1, -0.05) is 74.5 Å². The molecule has 3 rings (SSSR count). The van der Waals surface area contributed by atoms with Gasteiger partial charge in [-0.15, -0.1) is 0 Å². The van der Waals surface area contributed by atoms with E-state index in [-0.39, 0.29) is 17.0 Å². The average molecular weight is 361 g/mol. The molecule has 0 aliphatic heterocycles. The maximum atomic E-state index is 12.8. The second-order valence-electron chi connectivity index (χ2n) is 7.99. The summed E-state index contributed by atoms with van der Waals surface area (Å²) in [6.45, 7) is 4.79. The molecule has 27 heavy (non-hydrogen) atoms. The molecule has 1 aliphatic rings. The van der Waals surface area contributed by atoms with Crippen molar-refractivity contribution < 1.29 is 9.90 Å². The highest BCUT2D eigenvalue weighted by atomic mass is 16.3. The molecule has 0 amide bonds. The Labute approximate surface area is 161 Å². The molecule has 0 saturated heterocycles. The van der Waals surface area contributed by atoms with Crippen molar-refractivity contribution in [3.8, 4) is 0 Å². The lowest BCUT2D eigenvalue weighted by molar-refractivity contribution is -0.117. The second-order valence-corrected chi connectivity index (χ2v) is 7.99. The van der Waals surface area contributed by atoms with Crippen LogP contribution in [0.5, 0.6) is 0 Å². The van der Waals surface area contributed by atoms with Crippen LogP contribution in [0, 0.1) is 5.41 Å². The average Bonchev–Trinajstić information content (AvgIpc) is 2.62. The number of rotatable bonds is 5. The van der Waals surface area contributed by atoms with Crippen molar-refractivity contribution >= 4 is 11.5 Å². The van der Waals surface area contributed by atoms with Crippen LogP contribution in [0.15, 0.2) is 77.0 Å². The monoisotopic (exact) mass is 361 g/mol. The molecule has 1 fully saturated rings. The SMILES string of the molecule is CC1(C)CC(=O)/C(=C(/O)Cc2ccccc2)C(=NCCc2ccccc2)C1. The molecular formula is C24H27NO2. The molecule has 1 N–H and O–H groups in total. The van der Waals surface area contributed by atoms with Crippen LogP contribution < -0.4 is 0 Å². The molecule has 0 aromatic heterocycles. The number of hydrogen-bond donors (Lipinski definition) is 1. The van der Waals surface area contributed by atoms with Gasteiger partial charge in [-0.2, -0.15) is 0 Å². The van der Waals surface area contributed by atoms with Crippen LogP contribution in [0.4, 0.5) is 0 Å². The Morgan fingerprint density at radius 3 is 2.19 bits per heavy atom. The lowest BCUT2D eigenvalue weighted by atomic mass is 9.73. The van der Waals surface area contributed by atoms with Crippen LogP contribution in [-0.2, 0) is 17.6 Å². The Morgan fingerprint density at radius 2 is 1.56 bits per heavy atom. The zero-order valence-electron chi connectivity index (χ0n) is 16.1. The molecule has 0 unspecified atom stereocenters. The Kier molecular flexibility index (Phi) is 5.90. The van der Waals surface area contributed by atoms with E-state index >= 15 is 0 Å². The van der Waals surface area contributed by atoms with E-state index in [0.29, 0.717) is 31.4 Å². The number of hydrogen-bond acceptors (Lipinski definition) is 3. The predicted octanol–water partition coefficient (Wildman–Crippen LogP) is 5.11. The van der Waals surface area contributed by atoms with Crippen LogP contribution >= 0.6 is 0 Å². The lowest BCUT2D eigenvalue weighted by Gasteiger charge is -2.31. The minimum atomic E-state index is -0.126. The summed E-state index contributed by atoms with van der Waals surface area (Å²) in [5.41, 5.74) is 3.28. The molecule has 1 aliphatic carbocycles. The summed E-state index contributed by atoms with van der Waals surface area (Å²) >= 11 is 0. The number of benzene rings is 2. The summed E-state index contributed by atoms with van der Waals surface area (Å²) in [4.78, 5) is 17.5. The molecular weight excluding hydrogens is 334 g/mol. The van der Waals surface area contributed by atoms with Gasteiger partial charge in [-0.05, 0) is 29.4 Å². The Morgan fingerprint density at radius 1 is 0.963 bits per heavy atom. The molecule has 0 radical (unpaired) electrons. The minimum Gasteiger partial charge on any atom is -0.511 e. The van der Waals surface area contributed by atoms with Crippen LogP contribution in [0.2, 0.25) is 0 Å². The Bertz CT molecular complexity index is 848. The zero-order chi connectivity index (χ0) is 19.3. The highest BCUT2D eigenvalue weighted by Gasteiger charge is 2.36. The second kappa shape index (κ2) is 8.34. The number of aliphatic imine (C=N–C) groups is 1. The third kappa shape index (κ3) is 5.16. The molecule has 0 bridgehead atoms. The van der Waals surface area contributed by atoms with E-state index in [0.717, 1.165) is 17.7 Å². The number of ketones is 1. The number of aliphatic hydroxyl groups is 1. The normalized spacial score (nSPS) is 19.9. The van der Waals surface area contributed by atoms with Gasteiger partial charge in [-0.25, -0.2) is 0 Å². The zero-order valence-corrected chi connectivity index (χ0v) is 16.1. The summed E-state index contributed by atoms with van der Waals surface area (Å²) in [5.74, 6) is 0.137. The van der Waals surface area contributed by atoms with E-state index in [9.17, 15) is 9.90 Å². The van der Waals surface area contributed by atoms with Crippen molar-refractivity contribution in [2.24, 2.45) is 10.4 Å². The van der Waals surface area contributed by atoms with Crippen molar-refractivity contribution in [1.29, 1.82) is 0 Å². The summed E-state index contributed by atoms with van der Waals surface area (Å²) in [6, 6.07) is 19.9. The lowest BCUT2D eigenvalue weighted by Crippen LogP contribution is -2.33. The smallest absolute Gasteiger partial charge is 0.168 e. The largest absolute Gasteiger partial charge is 0.511 e. The van der Waals surface area contributed by atoms with Crippen LogP contribution in [0.25, 0.3) is 0 Å². The first-order valence-corrected chi connectivity index (χ1v) is 9.51. The third-order valence-electron chi connectivity index (χ3n) is 4.90. The van der Waals surface area contributed by atoms with E-state index in [4.69, 9.17) is 4.99 Å². The number of aliphatic hydroxyl groups excluding tert-OH is 1. The van der Waals surface area contributed by atoms with E-state index in [1.807, 2.05) is 48.5 Å². The molecule has 0 spiro atoms. The first kappa shape index (κ1) is 19.1. The third-order valence-corrected chi connectivity index (χ3v) is 4.90. The van der Waals surface area contributed by atoms with Gasteiger partial charge < -0.3 is 5.11 Å². The quantitative estimate of drug-likeness (QED) is 0.594. The molecule has 0 heterocycles. The summed E-state index contributed by atoms with van der Waals surface area (Å²) in [6.07, 6.45) is 2.34. The molecule has 2 aromatic rings. The van der Waals surface area contributed by atoms with Crippen molar-refractivity contribution in [3.05, 3.63) is 83.1 Å². The van der Waals surface area contributed by atoms with Gasteiger partial charge in [0.05, 0.1) is 5.57 Å². The van der Waals surface area contributed by atoms with Crippen LogP contribution in [0.1, 0.15) is 37.8 Å². The fourth-order valence-electron chi connectivity index (χ4n) is 3.59. The van der Waals surface area contributed by atoms with E-state index < -0.39 is 0 Å².